The quantitative estimate of drug-likeness (QED) is 0.539. The molecule has 8 heavy (non-hydrogen) atoms. The van der Waals surface area contributed by atoms with Crippen LogP contribution in [0.3, 0.4) is 0 Å². The van der Waals surface area contributed by atoms with Crippen LogP contribution in [-0.4, -0.2) is 5.78 Å². The van der Waals surface area contributed by atoms with Gasteiger partial charge in [0, 0.05) is 18.2 Å². The highest BCUT2D eigenvalue weighted by atomic mass is 16.1. The van der Waals surface area contributed by atoms with Crippen molar-refractivity contribution in [2.75, 3.05) is 0 Å². The minimum absolute atomic E-state index is 0.118. The molecule has 0 saturated heterocycles. The van der Waals surface area contributed by atoms with Crippen molar-refractivity contribution >= 4 is 5.78 Å². The number of rotatable bonds is 2. The van der Waals surface area contributed by atoms with Crippen molar-refractivity contribution in [2.24, 2.45) is 5.73 Å². The monoisotopic (exact) mass is 113 g/mol. The zero-order valence-corrected chi connectivity index (χ0v) is 5.27. The molecule has 0 aromatic rings. The van der Waals surface area contributed by atoms with Gasteiger partial charge in [-0.15, -0.1) is 0 Å². The molecule has 0 rings (SSSR count). The van der Waals surface area contributed by atoms with E-state index < -0.39 is 0 Å². The zero-order valence-electron chi connectivity index (χ0n) is 5.27. The number of hydrogen-bond acceptors (Lipinski definition) is 2. The summed E-state index contributed by atoms with van der Waals surface area (Å²) in [6.45, 7) is 3.53. The second kappa shape index (κ2) is 3.24. The molecule has 0 spiro atoms. The van der Waals surface area contributed by atoms with Crippen LogP contribution in [0.25, 0.3) is 0 Å². The van der Waals surface area contributed by atoms with Crippen LogP contribution in [0.1, 0.15) is 20.3 Å². The Morgan fingerprint density at radius 3 is 2.38 bits per heavy atom. The summed E-state index contributed by atoms with van der Waals surface area (Å²) < 4.78 is 0. The molecule has 0 aliphatic rings. The molecule has 46 valence electrons. The lowest BCUT2D eigenvalue weighted by atomic mass is 10.2. The smallest absolute Gasteiger partial charge is 0.159 e. The zero-order chi connectivity index (χ0) is 6.57. The molecule has 0 aliphatic carbocycles. The van der Waals surface area contributed by atoms with E-state index in [4.69, 9.17) is 5.73 Å². The topological polar surface area (TPSA) is 43.1 Å². The Labute approximate surface area is 49.4 Å². The van der Waals surface area contributed by atoms with E-state index in [0.29, 0.717) is 12.0 Å². The number of ketones is 1. The third-order valence-electron chi connectivity index (χ3n) is 1.01. The predicted octanol–water partition coefficient (Wildman–Crippen LogP) is 0.828. The number of nitrogens with two attached hydrogens (primary N) is 1. The summed E-state index contributed by atoms with van der Waals surface area (Å²) in [7, 11) is 0. The lowest BCUT2D eigenvalue weighted by Crippen LogP contribution is -1.98. The van der Waals surface area contributed by atoms with Crippen molar-refractivity contribution in [2.45, 2.75) is 20.3 Å². The minimum atomic E-state index is 0.118. The molecule has 0 bridgehead atoms. The Morgan fingerprint density at radius 1 is 1.75 bits per heavy atom. The van der Waals surface area contributed by atoms with Gasteiger partial charge in [-0.2, -0.15) is 0 Å². The standard InChI is InChI=1S/C6H11NO/c1-3-6(8)5(2)4-7/h4H,3,7H2,1-2H3. The second-order valence-electron chi connectivity index (χ2n) is 1.63. The summed E-state index contributed by atoms with van der Waals surface area (Å²) >= 11 is 0. The van der Waals surface area contributed by atoms with Crippen molar-refractivity contribution in [3.63, 3.8) is 0 Å². The Bertz CT molecular complexity index is 116. The number of carbonyl (C=O) groups excluding carboxylic acids is 1. The third-order valence-corrected chi connectivity index (χ3v) is 1.01. The van der Waals surface area contributed by atoms with E-state index in [-0.39, 0.29) is 5.78 Å². The molecule has 2 N–H and O–H groups in total. The maximum absolute atomic E-state index is 10.6. The highest BCUT2D eigenvalue weighted by Gasteiger charge is 1.96. The first-order valence-electron chi connectivity index (χ1n) is 2.64. The number of allylic oxidation sites excluding steroid dienone is 1. The second-order valence-corrected chi connectivity index (χ2v) is 1.63. The highest BCUT2D eigenvalue weighted by molar-refractivity contribution is 5.94. The van der Waals surface area contributed by atoms with Crippen LogP contribution in [0.5, 0.6) is 0 Å². The van der Waals surface area contributed by atoms with Gasteiger partial charge >= 0.3 is 0 Å². The Balaban J connectivity index is 3.83. The van der Waals surface area contributed by atoms with E-state index in [0.717, 1.165) is 0 Å². The van der Waals surface area contributed by atoms with Crippen LogP contribution < -0.4 is 5.73 Å². The van der Waals surface area contributed by atoms with Crippen molar-refractivity contribution in [1.29, 1.82) is 0 Å². The molecular weight excluding hydrogens is 102 g/mol. The average Bonchev–Trinajstić information content (AvgIpc) is 1.84. The van der Waals surface area contributed by atoms with Crippen molar-refractivity contribution < 1.29 is 4.79 Å². The molecule has 0 heterocycles. The molecule has 2 heteroatoms. The summed E-state index contributed by atoms with van der Waals surface area (Å²) in [5.74, 6) is 0.118. The van der Waals surface area contributed by atoms with Crippen LogP contribution >= 0.6 is 0 Å². The van der Waals surface area contributed by atoms with Gasteiger partial charge in [-0.05, 0) is 6.92 Å². The van der Waals surface area contributed by atoms with E-state index in [2.05, 4.69) is 0 Å². The van der Waals surface area contributed by atoms with Gasteiger partial charge in [-0.1, -0.05) is 6.92 Å². The Hall–Kier alpha value is -0.790. The molecule has 0 aromatic carbocycles. The minimum Gasteiger partial charge on any atom is -0.404 e. The van der Waals surface area contributed by atoms with Gasteiger partial charge in [-0.3, -0.25) is 4.79 Å². The fourth-order valence-corrected chi connectivity index (χ4v) is 0.372. The number of carbonyl (C=O) groups is 1. The van der Waals surface area contributed by atoms with Gasteiger partial charge in [-0.25, -0.2) is 0 Å². The van der Waals surface area contributed by atoms with E-state index in [9.17, 15) is 4.79 Å². The molecule has 0 fully saturated rings. The first-order valence-corrected chi connectivity index (χ1v) is 2.64. The largest absolute Gasteiger partial charge is 0.404 e. The third kappa shape index (κ3) is 1.78. The molecular formula is C6H11NO. The molecule has 0 saturated carbocycles. The Morgan fingerprint density at radius 2 is 2.25 bits per heavy atom. The SMILES string of the molecule is CCC(=O)C(C)=CN. The summed E-state index contributed by atoms with van der Waals surface area (Å²) in [5, 5.41) is 0. The van der Waals surface area contributed by atoms with E-state index >= 15 is 0 Å². The summed E-state index contributed by atoms with van der Waals surface area (Å²) in [4.78, 5) is 10.6. The van der Waals surface area contributed by atoms with Crippen LogP contribution in [0.4, 0.5) is 0 Å². The predicted molar refractivity (Wildman–Crippen MR) is 33.2 cm³/mol. The van der Waals surface area contributed by atoms with Crippen molar-refractivity contribution in [1.82, 2.24) is 0 Å². The summed E-state index contributed by atoms with van der Waals surface area (Å²) in [5.41, 5.74) is 5.71. The van der Waals surface area contributed by atoms with E-state index in [1.54, 1.807) is 6.92 Å². The summed E-state index contributed by atoms with van der Waals surface area (Å²) in [6.07, 6.45) is 1.88. The van der Waals surface area contributed by atoms with Gasteiger partial charge in [0.2, 0.25) is 0 Å². The molecule has 0 aromatic heterocycles. The molecule has 0 unspecified atom stereocenters. The van der Waals surface area contributed by atoms with Crippen LogP contribution in [-0.2, 0) is 4.79 Å². The molecule has 0 aliphatic heterocycles. The molecule has 0 amide bonds. The van der Waals surface area contributed by atoms with Crippen LogP contribution in [0, 0.1) is 0 Å². The van der Waals surface area contributed by atoms with Gasteiger partial charge < -0.3 is 5.73 Å². The maximum atomic E-state index is 10.6. The van der Waals surface area contributed by atoms with Gasteiger partial charge in [0.05, 0.1) is 0 Å². The van der Waals surface area contributed by atoms with Gasteiger partial charge in [0.1, 0.15) is 0 Å². The fourth-order valence-electron chi connectivity index (χ4n) is 0.372. The maximum Gasteiger partial charge on any atom is 0.159 e. The summed E-state index contributed by atoms with van der Waals surface area (Å²) in [6, 6.07) is 0. The van der Waals surface area contributed by atoms with E-state index in [1.165, 1.54) is 6.20 Å². The lowest BCUT2D eigenvalue weighted by molar-refractivity contribution is -0.115. The molecule has 0 radical (unpaired) electrons. The van der Waals surface area contributed by atoms with Crippen molar-refractivity contribution in [3.05, 3.63) is 11.8 Å². The molecule has 2 nitrogen and oxygen atoms in total. The number of hydrogen-bond donors (Lipinski definition) is 1. The fraction of sp³-hybridized carbons (Fsp3) is 0.500. The first kappa shape index (κ1) is 7.21. The lowest BCUT2D eigenvalue weighted by Gasteiger charge is -1.90. The van der Waals surface area contributed by atoms with Gasteiger partial charge in [0.25, 0.3) is 0 Å². The van der Waals surface area contributed by atoms with E-state index in [1.807, 2.05) is 6.92 Å². The van der Waals surface area contributed by atoms with Gasteiger partial charge in [0.15, 0.2) is 5.78 Å². The highest BCUT2D eigenvalue weighted by Crippen LogP contribution is 1.93. The first-order chi connectivity index (χ1) is 3.72. The number of Topliss-reactive ketones (excluding diaryl/α,β-unsaturated/α-hetero) is 1. The van der Waals surface area contributed by atoms with Crippen LogP contribution in [0.2, 0.25) is 0 Å². The van der Waals surface area contributed by atoms with Crippen molar-refractivity contribution in [3.8, 4) is 0 Å². The molecule has 0 atom stereocenters. The average molecular weight is 113 g/mol. The normalized spacial score (nSPS) is 11.5. The van der Waals surface area contributed by atoms with Crippen LogP contribution in [0.15, 0.2) is 11.8 Å². The Kier molecular flexibility index (Phi) is 2.92.